The molecule has 0 aliphatic heterocycles. The highest BCUT2D eigenvalue weighted by Crippen LogP contribution is 2.41. The zero-order chi connectivity index (χ0) is 14.7. The first kappa shape index (κ1) is 15.2. The van der Waals surface area contributed by atoms with Crippen LogP contribution in [0.3, 0.4) is 0 Å². The van der Waals surface area contributed by atoms with Crippen molar-refractivity contribution in [2.24, 2.45) is 5.92 Å². The van der Waals surface area contributed by atoms with E-state index in [2.05, 4.69) is 23.5 Å². The van der Waals surface area contributed by atoms with Gasteiger partial charge in [-0.3, -0.25) is 5.32 Å². The Labute approximate surface area is 136 Å². The first-order chi connectivity index (χ1) is 10.2. The Bertz CT molecular complexity index is 521. The second-order valence-electron chi connectivity index (χ2n) is 6.18. The van der Waals surface area contributed by atoms with Crippen molar-refractivity contribution in [3.05, 3.63) is 29.3 Å². The first-order valence-corrected chi connectivity index (χ1v) is 9.15. The Morgan fingerprint density at radius 3 is 2.71 bits per heavy atom. The van der Waals surface area contributed by atoms with Crippen LogP contribution in [0.15, 0.2) is 29.2 Å². The molecular formula is C17H21ClN2S. The molecule has 2 unspecified atom stereocenters. The summed E-state index contributed by atoms with van der Waals surface area (Å²) >= 11 is 7.77. The lowest BCUT2D eigenvalue weighted by molar-refractivity contribution is 0.308. The topological polar surface area (TPSA) is 35.8 Å². The molecule has 0 saturated heterocycles. The molecule has 2 atom stereocenters. The van der Waals surface area contributed by atoms with Crippen molar-refractivity contribution in [3.63, 3.8) is 0 Å². The molecule has 3 rings (SSSR count). The summed E-state index contributed by atoms with van der Waals surface area (Å²) in [6.45, 7) is 0. The fourth-order valence-corrected chi connectivity index (χ4v) is 4.37. The van der Waals surface area contributed by atoms with Gasteiger partial charge in [0.2, 0.25) is 0 Å². The van der Waals surface area contributed by atoms with Crippen LogP contribution in [0.1, 0.15) is 38.5 Å². The molecule has 0 aromatic heterocycles. The molecule has 2 fully saturated rings. The van der Waals surface area contributed by atoms with E-state index in [1.165, 1.54) is 30.6 Å². The average molecular weight is 321 g/mol. The number of hydrogen-bond donors (Lipinski definition) is 1. The van der Waals surface area contributed by atoms with E-state index in [1.54, 1.807) is 0 Å². The third-order valence-electron chi connectivity index (χ3n) is 4.61. The van der Waals surface area contributed by atoms with Crippen LogP contribution in [-0.2, 0) is 0 Å². The molecule has 4 heteroatoms. The molecule has 0 spiro atoms. The summed E-state index contributed by atoms with van der Waals surface area (Å²) in [6, 6.07) is 11.2. The van der Waals surface area contributed by atoms with Crippen LogP contribution in [0.5, 0.6) is 0 Å². The maximum absolute atomic E-state index is 9.68. The molecule has 0 bridgehead atoms. The number of nitrogens with one attached hydrogen (secondary N) is 1. The van der Waals surface area contributed by atoms with E-state index in [9.17, 15) is 5.26 Å². The molecule has 2 aliphatic carbocycles. The number of thioether (sulfide) groups is 1. The largest absolute Gasteiger partial charge is 0.296 e. The second-order valence-corrected chi connectivity index (χ2v) is 7.79. The number of nitriles is 1. The molecule has 2 nitrogen and oxygen atoms in total. The standard InChI is InChI=1S/C17H21ClN2S/c18-14-3-7-16(8-4-14)21-11-9-13-2-1-10-17(13,12-19)20-15-5-6-15/h3-4,7-8,13,15,20H,1-2,5-6,9-11H2. The minimum Gasteiger partial charge on any atom is -0.296 e. The lowest BCUT2D eigenvalue weighted by Crippen LogP contribution is -2.48. The molecule has 2 saturated carbocycles. The highest BCUT2D eigenvalue weighted by Gasteiger charge is 2.45. The van der Waals surface area contributed by atoms with Gasteiger partial charge < -0.3 is 0 Å². The number of halogens is 1. The number of rotatable bonds is 6. The Balaban J connectivity index is 1.53. The van der Waals surface area contributed by atoms with Gasteiger partial charge in [-0.25, -0.2) is 0 Å². The maximum Gasteiger partial charge on any atom is 0.109 e. The van der Waals surface area contributed by atoms with Crippen LogP contribution in [0.2, 0.25) is 5.02 Å². The molecule has 0 amide bonds. The third-order valence-corrected chi connectivity index (χ3v) is 5.91. The number of hydrogen-bond acceptors (Lipinski definition) is 3. The van der Waals surface area contributed by atoms with Crippen molar-refractivity contribution in [1.29, 1.82) is 5.26 Å². The summed E-state index contributed by atoms with van der Waals surface area (Å²) in [5, 5.41) is 14.1. The van der Waals surface area contributed by atoms with Crippen molar-refractivity contribution >= 4 is 23.4 Å². The summed E-state index contributed by atoms with van der Waals surface area (Å²) in [5.41, 5.74) is -0.248. The summed E-state index contributed by atoms with van der Waals surface area (Å²) in [5.74, 6) is 1.57. The van der Waals surface area contributed by atoms with Crippen molar-refractivity contribution in [2.45, 2.75) is 55.0 Å². The van der Waals surface area contributed by atoms with Crippen molar-refractivity contribution < 1.29 is 0 Å². The van der Waals surface area contributed by atoms with Gasteiger partial charge in [0.05, 0.1) is 6.07 Å². The van der Waals surface area contributed by atoms with Gasteiger partial charge in [0.25, 0.3) is 0 Å². The Kier molecular flexibility index (Phi) is 4.78. The molecule has 0 heterocycles. The van der Waals surface area contributed by atoms with E-state index in [1.807, 2.05) is 23.9 Å². The van der Waals surface area contributed by atoms with E-state index in [0.717, 1.165) is 23.6 Å². The smallest absolute Gasteiger partial charge is 0.109 e. The lowest BCUT2D eigenvalue weighted by Gasteiger charge is -2.30. The van der Waals surface area contributed by atoms with Crippen molar-refractivity contribution in [3.8, 4) is 6.07 Å². The SMILES string of the molecule is N#CC1(NC2CC2)CCCC1CCSc1ccc(Cl)cc1. The van der Waals surface area contributed by atoms with Crippen molar-refractivity contribution in [1.82, 2.24) is 5.32 Å². The van der Waals surface area contributed by atoms with Crippen LogP contribution >= 0.6 is 23.4 Å². The van der Waals surface area contributed by atoms with Crippen LogP contribution in [0, 0.1) is 17.2 Å². The van der Waals surface area contributed by atoms with Crippen LogP contribution in [0.4, 0.5) is 0 Å². The first-order valence-electron chi connectivity index (χ1n) is 7.79. The van der Waals surface area contributed by atoms with Crippen LogP contribution in [0.25, 0.3) is 0 Å². The minimum atomic E-state index is -0.248. The number of nitrogens with zero attached hydrogens (tertiary/aromatic N) is 1. The monoisotopic (exact) mass is 320 g/mol. The molecular weight excluding hydrogens is 300 g/mol. The summed E-state index contributed by atoms with van der Waals surface area (Å²) < 4.78 is 0. The zero-order valence-corrected chi connectivity index (χ0v) is 13.7. The van der Waals surface area contributed by atoms with Crippen molar-refractivity contribution in [2.75, 3.05) is 5.75 Å². The molecule has 112 valence electrons. The quantitative estimate of drug-likeness (QED) is 0.776. The van der Waals surface area contributed by atoms with Gasteiger partial charge in [0.15, 0.2) is 0 Å². The Morgan fingerprint density at radius 2 is 2.05 bits per heavy atom. The molecule has 21 heavy (non-hydrogen) atoms. The molecule has 0 radical (unpaired) electrons. The van der Waals surface area contributed by atoms with Gasteiger partial charge in [-0.2, -0.15) is 5.26 Å². The summed E-state index contributed by atoms with van der Waals surface area (Å²) in [4.78, 5) is 1.26. The van der Waals surface area contributed by atoms with Gasteiger partial charge in [0.1, 0.15) is 5.54 Å². The van der Waals surface area contributed by atoms with Gasteiger partial charge in [-0.15, -0.1) is 11.8 Å². The predicted octanol–water partition coefficient (Wildman–Crippen LogP) is 4.64. The van der Waals surface area contributed by atoms with Crippen LogP contribution in [-0.4, -0.2) is 17.3 Å². The van der Waals surface area contributed by atoms with Gasteiger partial charge >= 0.3 is 0 Å². The van der Waals surface area contributed by atoms with Gasteiger partial charge in [-0.05, 0) is 68.0 Å². The fraction of sp³-hybridized carbons (Fsp3) is 0.588. The molecule has 1 aromatic rings. The van der Waals surface area contributed by atoms with Gasteiger partial charge in [-0.1, -0.05) is 18.0 Å². The highest BCUT2D eigenvalue weighted by molar-refractivity contribution is 7.99. The Morgan fingerprint density at radius 1 is 1.29 bits per heavy atom. The third kappa shape index (κ3) is 3.74. The predicted molar refractivity (Wildman–Crippen MR) is 88.6 cm³/mol. The van der Waals surface area contributed by atoms with Crippen LogP contribution < -0.4 is 5.32 Å². The summed E-state index contributed by atoms with van der Waals surface area (Å²) in [7, 11) is 0. The lowest BCUT2D eigenvalue weighted by atomic mass is 9.86. The summed E-state index contributed by atoms with van der Waals surface area (Å²) in [6.07, 6.45) is 7.00. The minimum absolute atomic E-state index is 0.248. The fourth-order valence-electron chi connectivity index (χ4n) is 3.28. The van der Waals surface area contributed by atoms with E-state index < -0.39 is 0 Å². The molecule has 1 N–H and O–H groups in total. The maximum atomic E-state index is 9.68. The van der Waals surface area contributed by atoms with E-state index in [0.29, 0.717) is 12.0 Å². The Hall–Kier alpha value is -0.690. The average Bonchev–Trinajstić information content (AvgIpc) is 3.21. The number of benzene rings is 1. The molecule has 2 aliphatic rings. The van der Waals surface area contributed by atoms with Gasteiger partial charge in [0, 0.05) is 16.0 Å². The molecule has 1 aromatic carbocycles. The highest BCUT2D eigenvalue weighted by atomic mass is 35.5. The normalized spacial score (nSPS) is 28.5. The van der Waals surface area contributed by atoms with E-state index in [4.69, 9.17) is 11.6 Å². The van der Waals surface area contributed by atoms with E-state index in [-0.39, 0.29) is 5.54 Å². The van der Waals surface area contributed by atoms with E-state index >= 15 is 0 Å². The zero-order valence-electron chi connectivity index (χ0n) is 12.1. The second kappa shape index (κ2) is 6.60.